The van der Waals surface area contributed by atoms with Crippen LogP contribution in [0.4, 0.5) is 0 Å². The number of aliphatic carboxylic acids is 1. The Labute approximate surface area is 155 Å². The van der Waals surface area contributed by atoms with E-state index in [4.69, 9.17) is 0 Å². The molecule has 1 N–H and O–H groups in total. The Balaban J connectivity index is 2.10. The molecule has 0 amide bonds. The first-order chi connectivity index (χ1) is 12.7. The number of nitrogens with zero attached hydrogens (tertiary/aromatic N) is 4. The highest BCUT2D eigenvalue weighted by molar-refractivity contribution is 5.77. The number of imidazole rings is 1. The molecule has 0 saturated carbocycles. The first-order valence-electron chi connectivity index (χ1n) is 8.70. The molecule has 27 heavy (non-hydrogen) atoms. The van der Waals surface area contributed by atoms with E-state index in [-0.39, 0.29) is 11.2 Å². The maximum Gasteiger partial charge on any atom is 0.333 e. The number of hydrogen-bond donors (Lipinski definition) is 1. The summed E-state index contributed by atoms with van der Waals surface area (Å²) in [6, 6.07) is 9.86. The van der Waals surface area contributed by atoms with Gasteiger partial charge in [-0.05, 0) is 32.3 Å². The minimum absolute atomic E-state index is 0.212. The number of hydrogen-bond acceptors (Lipinski definition) is 4. The van der Waals surface area contributed by atoms with Crippen molar-refractivity contribution in [3.63, 3.8) is 0 Å². The maximum absolute atomic E-state index is 13.0. The van der Waals surface area contributed by atoms with Crippen LogP contribution in [-0.2, 0) is 30.3 Å². The molecule has 2 aromatic heterocycles. The van der Waals surface area contributed by atoms with Crippen LogP contribution in [0.2, 0.25) is 0 Å². The summed E-state index contributed by atoms with van der Waals surface area (Å²) in [5, 5.41) is 9.52. The Morgan fingerprint density at radius 1 is 1.19 bits per heavy atom. The van der Waals surface area contributed by atoms with Gasteiger partial charge in [0.25, 0.3) is 5.56 Å². The van der Waals surface area contributed by atoms with Crippen molar-refractivity contribution in [3.05, 3.63) is 63.1 Å². The van der Waals surface area contributed by atoms with Gasteiger partial charge in [-0.25, -0.2) is 19.1 Å². The fourth-order valence-corrected chi connectivity index (χ4v) is 3.14. The molecule has 0 spiro atoms. The van der Waals surface area contributed by atoms with E-state index in [9.17, 15) is 19.5 Å². The molecule has 8 heteroatoms. The smallest absolute Gasteiger partial charge is 0.333 e. The van der Waals surface area contributed by atoms with Crippen molar-refractivity contribution in [2.45, 2.75) is 38.8 Å². The van der Waals surface area contributed by atoms with Gasteiger partial charge < -0.3 is 9.67 Å². The summed E-state index contributed by atoms with van der Waals surface area (Å²) >= 11 is 0. The average Bonchev–Trinajstić information content (AvgIpc) is 3.00. The molecule has 3 aromatic rings. The summed E-state index contributed by atoms with van der Waals surface area (Å²) in [5.41, 5.74) is -1.36. The first-order valence-corrected chi connectivity index (χ1v) is 8.70. The van der Waals surface area contributed by atoms with Gasteiger partial charge >= 0.3 is 11.7 Å². The predicted molar refractivity (Wildman–Crippen MR) is 101 cm³/mol. The number of aromatic nitrogens is 4. The quantitative estimate of drug-likeness (QED) is 0.706. The van der Waals surface area contributed by atoms with E-state index in [0.717, 1.165) is 16.6 Å². The molecule has 0 aliphatic carbocycles. The van der Waals surface area contributed by atoms with Crippen LogP contribution in [0.5, 0.6) is 0 Å². The molecule has 8 nitrogen and oxygen atoms in total. The van der Waals surface area contributed by atoms with E-state index in [1.807, 2.05) is 30.3 Å². The number of aryl methyl sites for hydroxylation is 3. The van der Waals surface area contributed by atoms with Gasteiger partial charge in [0.1, 0.15) is 5.54 Å². The SMILES string of the molecule is Cn1cnc2c1c(=O)n(C(C)(C)C(=O)O)c(=O)n2CCCc1ccccc1. The normalized spacial score (nSPS) is 11.8. The van der Waals surface area contributed by atoms with Gasteiger partial charge in [-0.2, -0.15) is 0 Å². The summed E-state index contributed by atoms with van der Waals surface area (Å²) in [6.07, 6.45) is 2.86. The third-order valence-corrected chi connectivity index (χ3v) is 4.77. The molecular weight excluding hydrogens is 348 g/mol. The second kappa shape index (κ2) is 6.86. The van der Waals surface area contributed by atoms with Gasteiger partial charge in [0.2, 0.25) is 0 Å². The van der Waals surface area contributed by atoms with Gasteiger partial charge in [-0.15, -0.1) is 0 Å². The zero-order chi connectivity index (χ0) is 19.8. The monoisotopic (exact) mass is 370 g/mol. The molecule has 0 atom stereocenters. The highest BCUT2D eigenvalue weighted by Crippen LogP contribution is 2.14. The van der Waals surface area contributed by atoms with Crippen molar-refractivity contribution >= 4 is 17.1 Å². The van der Waals surface area contributed by atoms with Crippen LogP contribution in [0.3, 0.4) is 0 Å². The van der Waals surface area contributed by atoms with E-state index < -0.39 is 22.8 Å². The highest BCUT2D eigenvalue weighted by atomic mass is 16.4. The molecule has 0 radical (unpaired) electrons. The van der Waals surface area contributed by atoms with E-state index in [0.29, 0.717) is 13.0 Å². The first kappa shape index (κ1) is 18.6. The summed E-state index contributed by atoms with van der Waals surface area (Å²) in [5.74, 6) is -1.25. The average molecular weight is 370 g/mol. The number of carboxylic acid groups (broad SMARTS) is 1. The van der Waals surface area contributed by atoms with Crippen LogP contribution < -0.4 is 11.2 Å². The molecular formula is C19H22N4O4. The Kier molecular flexibility index (Phi) is 4.73. The molecule has 0 aliphatic rings. The van der Waals surface area contributed by atoms with Gasteiger partial charge in [-0.1, -0.05) is 30.3 Å². The standard InChI is InChI=1S/C19H22N4O4/c1-19(2,17(25)26)23-16(24)14-15(20-12-21(14)3)22(18(23)27)11-7-10-13-8-5-4-6-9-13/h4-6,8-9,12H,7,10-11H2,1-3H3,(H,25,26). The summed E-state index contributed by atoms with van der Waals surface area (Å²) in [4.78, 5) is 41.7. The lowest BCUT2D eigenvalue weighted by atomic mass is 10.1. The molecule has 0 unspecified atom stereocenters. The molecule has 0 fully saturated rings. The largest absolute Gasteiger partial charge is 0.480 e. The Hall–Kier alpha value is -3.16. The minimum atomic E-state index is -1.67. The number of carbonyl (C=O) groups is 1. The van der Waals surface area contributed by atoms with E-state index in [1.165, 1.54) is 29.3 Å². The van der Waals surface area contributed by atoms with Gasteiger partial charge in [-0.3, -0.25) is 9.36 Å². The number of rotatable bonds is 6. The number of carboxylic acids is 1. The number of fused-ring (bicyclic) bond motifs is 1. The molecule has 0 saturated heterocycles. The van der Waals surface area contributed by atoms with Crippen molar-refractivity contribution in [3.8, 4) is 0 Å². The second-order valence-electron chi connectivity index (χ2n) is 7.06. The van der Waals surface area contributed by atoms with E-state index >= 15 is 0 Å². The highest BCUT2D eigenvalue weighted by Gasteiger charge is 2.34. The van der Waals surface area contributed by atoms with Crippen molar-refractivity contribution < 1.29 is 9.90 Å². The van der Waals surface area contributed by atoms with Crippen LogP contribution in [0, 0.1) is 0 Å². The predicted octanol–water partition coefficient (Wildman–Crippen LogP) is 1.35. The number of benzene rings is 1. The van der Waals surface area contributed by atoms with Crippen molar-refractivity contribution in [1.29, 1.82) is 0 Å². The third-order valence-electron chi connectivity index (χ3n) is 4.77. The Morgan fingerprint density at radius 2 is 1.85 bits per heavy atom. The van der Waals surface area contributed by atoms with Crippen LogP contribution in [0.25, 0.3) is 11.2 Å². The molecule has 0 aliphatic heterocycles. The zero-order valence-electron chi connectivity index (χ0n) is 15.5. The van der Waals surface area contributed by atoms with Gasteiger partial charge in [0.05, 0.1) is 6.33 Å². The van der Waals surface area contributed by atoms with E-state index in [1.54, 1.807) is 7.05 Å². The van der Waals surface area contributed by atoms with Crippen molar-refractivity contribution in [1.82, 2.24) is 18.7 Å². The van der Waals surface area contributed by atoms with Crippen LogP contribution in [0.15, 0.2) is 46.2 Å². The van der Waals surface area contributed by atoms with E-state index in [2.05, 4.69) is 4.98 Å². The summed E-state index contributed by atoms with van der Waals surface area (Å²) in [6.45, 7) is 3.01. The fourth-order valence-electron chi connectivity index (χ4n) is 3.14. The van der Waals surface area contributed by atoms with Crippen molar-refractivity contribution in [2.75, 3.05) is 0 Å². The molecule has 142 valence electrons. The summed E-state index contributed by atoms with van der Waals surface area (Å²) < 4.78 is 3.71. The van der Waals surface area contributed by atoms with Gasteiger partial charge in [0.15, 0.2) is 11.2 Å². The zero-order valence-corrected chi connectivity index (χ0v) is 15.5. The minimum Gasteiger partial charge on any atom is -0.480 e. The molecule has 2 heterocycles. The van der Waals surface area contributed by atoms with Crippen LogP contribution in [-0.4, -0.2) is 29.8 Å². The van der Waals surface area contributed by atoms with Crippen LogP contribution in [0.1, 0.15) is 25.8 Å². The lowest BCUT2D eigenvalue weighted by Gasteiger charge is -2.23. The Bertz CT molecular complexity index is 1110. The summed E-state index contributed by atoms with van der Waals surface area (Å²) in [7, 11) is 1.65. The molecule has 0 bridgehead atoms. The lowest BCUT2D eigenvalue weighted by Crippen LogP contribution is -2.52. The Morgan fingerprint density at radius 3 is 2.48 bits per heavy atom. The van der Waals surface area contributed by atoms with Crippen molar-refractivity contribution in [2.24, 2.45) is 7.05 Å². The molecule has 3 rings (SSSR count). The lowest BCUT2D eigenvalue weighted by molar-refractivity contribution is -0.146. The van der Waals surface area contributed by atoms with Gasteiger partial charge in [0, 0.05) is 13.6 Å². The maximum atomic E-state index is 13.0. The fraction of sp³-hybridized carbons (Fsp3) is 0.368. The van der Waals surface area contributed by atoms with Crippen LogP contribution >= 0.6 is 0 Å². The second-order valence-corrected chi connectivity index (χ2v) is 7.06. The molecule has 1 aromatic carbocycles. The third kappa shape index (κ3) is 3.18. The topological polar surface area (TPSA) is 99.1 Å².